The second-order valence-electron chi connectivity index (χ2n) is 5.11. The van der Waals surface area contributed by atoms with Gasteiger partial charge >= 0.3 is 0 Å². The molecule has 0 radical (unpaired) electrons. The van der Waals surface area contributed by atoms with Gasteiger partial charge in [-0.3, -0.25) is 0 Å². The maximum absolute atomic E-state index is 11.4. The molecule has 2 unspecified atom stereocenters. The SMILES string of the molecule is CC(NCC1CCCO1)c1ccc(S(C)(=O)=O)cc1. The van der Waals surface area contributed by atoms with Crippen molar-refractivity contribution in [1.29, 1.82) is 0 Å². The first-order valence-corrected chi connectivity index (χ1v) is 8.51. The minimum absolute atomic E-state index is 0.192. The minimum Gasteiger partial charge on any atom is -0.377 e. The van der Waals surface area contributed by atoms with Gasteiger partial charge in [0.25, 0.3) is 0 Å². The van der Waals surface area contributed by atoms with Gasteiger partial charge in [-0.2, -0.15) is 0 Å². The van der Waals surface area contributed by atoms with Gasteiger partial charge in [0.2, 0.25) is 0 Å². The Morgan fingerprint density at radius 1 is 1.37 bits per heavy atom. The Hall–Kier alpha value is -0.910. The van der Waals surface area contributed by atoms with Crippen LogP contribution in [0.1, 0.15) is 31.4 Å². The Morgan fingerprint density at radius 3 is 2.58 bits per heavy atom. The van der Waals surface area contributed by atoms with Crippen molar-refractivity contribution >= 4 is 9.84 Å². The molecule has 0 bridgehead atoms. The van der Waals surface area contributed by atoms with Gasteiger partial charge in [0.05, 0.1) is 11.0 Å². The molecule has 106 valence electrons. The molecule has 0 saturated carbocycles. The molecule has 1 heterocycles. The average Bonchev–Trinajstić information content (AvgIpc) is 2.88. The van der Waals surface area contributed by atoms with Crippen molar-refractivity contribution < 1.29 is 13.2 Å². The average molecular weight is 283 g/mol. The molecule has 1 saturated heterocycles. The number of nitrogens with one attached hydrogen (secondary N) is 1. The standard InChI is InChI=1S/C14H21NO3S/c1-11(15-10-13-4-3-9-18-13)12-5-7-14(8-6-12)19(2,16)17/h5-8,11,13,15H,3-4,9-10H2,1-2H3. The molecule has 1 aromatic carbocycles. The fraction of sp³-hybridized carbons (Fsp3) is 0.571. The van der Waals surface area contributed by atoms with E-state index in [9.17, 15) is 8.42 Å². The highest BCUT2D eigenvalue weighted by atomic mass is 32.2. The number of hydrogen-bond donors (Lipinski definition) is 1. The smallest absolute Gasteiger partial charge is 0.175 e. The maximum atomic E-state index is 11.4. The third kappa shape index (κ3) is 4.03. The lowest BCUT2D eigenvalue weighted by Gasteiger charge is -2.17. The summed E-state index contributed by atoms with van der Waals surface area (Å²) < 4.78 is 28.3. The zero-order valence-electron chi connectivity index (χ0n) is 11.4. The summed E-state index contributed by atoms with van der Waals surface area (Å²) in [6, 6.07) is 7.24. The van der Waals surface area contributed by atoms with Gasteiger partial charge < -0.3 is 10.1 Å². The van der Waals surface area contributed by atoms with Crippen LogP contribution in [0.4, 0.5) is 0 Å². The lowest BCUT2D eigenvalue weighted by molar-refractivity contribution is 0.108. The molecule has 5 heteroatoms. The van der Waals surface area contributed by atoms with E-state index >= 15 is 0 Å². The van der Waals surface area contributed by atoms with Crippen molar-refractivity contribution in [3.05, 3.63) is 29.8 Å². The largest absolute Gasteiger partial charge is 0.377 e. The molecule has 4 nitrogen and oxygen atoms in total. The molecule has 1 aromatic rings. The summed E-state index contributed by atoms with van der Waals surface area (Å²) in [5, 5.41) is 3.42. The normalized spacial score (nSPS) is 21.5. The van der Waals surface area contributed by atoms with Crippen molar-refractivity contribution in [2.75, 3.05) is 19.4 Å². The molecule has 1 fully saturated rings. The van der Waals surface area contributed by atoms with Crippen molar-refractivity contribution in [1.82, 2.24) is 5.32 Å². The number of sulfone groups is 1. The zero-order chi connectivity index (χ0) is 13.9. The molecular weight excluding hydrogens is 262 g/mol. The topological polar surface area (TPSA) is 55.4 Å². The van der Waals surface area contributed by atoms with Crippen molar-refractivity contribution in [2.24, 2.45) is 0 Å². The van der Waals surface area contributed by atoms with E-state index in [1.54, 1.807) is 12.1 Å². The van der Waals surface area contributed by atoms with Crippen LogP contribution < -0.4 is 5.32 Å². The molecule has 0 aliphatic carbocycles. The molecule has 0 aromatic heterocycles. The van der Waals surface area contributed by atoms with Gasteiger partial charge in [-0.25, -0.2) is 8.42 Å². The highest BCUT2D eigenvalue weighted by Gasteiger charge is 2.16. The summed E-state index contributed by atoms with van der Waals surface area (Å²) in [6.45, 7) is 3.78. The first-order chi connectivity index (χ1) is 8.97. The maximum Gasteiger partial charge on any atom is 0.175 e. The number of ether oxygens (including phenoxy) is 1. The van der Waals surface area contributed by atoms with Gasteiger partial charge in [0.15, 0.2) is 9.84 Å². The molecule has 2 atom stereocenters. The lowest BCUT2D eigenvalue weighted by Crippen LogP contribution is -2.28. The Balaban J connectivity index is 1.93. The van der Waals surface area contributed by atoms with Crippen LogP contribution in [0.15, 0.2) is 29.2 Å². The van der Waals surface area contributed by atoms with E-state index in [2.05, 4.69) is 12.2 Å². The highest BCUT2D eigenvalue weighted by molar-refractivity contribution is 7.90. The third-order valence-electron chi connectivity index (χ3n) is 3.48. The first-order valence-electron chi connectivity index (χ1n) is 6.62. The number of rotatable bonds is 5. The zero-order valence-corrected chi connectivity index (χ0v) is 12.2. The molecule has 1 aliphatic rings. The molecule has 2 rings (SSSR count). The summed E-state index contributed by atoms with van der Waals surface area (Å²) in [6.07, 6.45) is 3.80. The quantitative estimate of drug-likeness (QED) is 0.897. The summed E-state index contributed by atoms with van der Waals surface area (Å²) in [7, 11) is -3.11. The van der Waals surface area contributed by atoms with Crippen LogP contribution in [-0.2, 0) is 14.6 Å². The van der Waals surface area contributed by atoms with Crippen LogP contribution in [0.25, 0.3) is 0 Å². The van der Waals surface area contributed by atoms with Crippen molar-refractivity contribution in [3.63, 3.8) is 0 Å². The first kappa shape index (κ1) is 14.5. The fourth-order valence-electron chi connectivity index (χ4n) is 2.24. The van der Waals surface area contributed by atoms with Gasteiger partial charge in [0.1, 0.15) is 0 Å². The van der Waals surface area contributed by atoms with E-state index < -0.39 is 9.84 Å². The Kier molecular flexibility index (Phi) is 4.60. The molecule has 1 aliphatic heterocycles. The van der Waals surface area contributed by atoms with Crippen LogP contribution >= 0.6 is 0 Å². The van der Waals surface area contributed by atoms with E-state index in [1.165, 1.54) is 6.26 Å². The molecule has 1 N–H and O–H groups in total. The summed E-state index contributed by atoms with van der Waals surface area (Å²) in [5.74, 6) is 0. The van der Waals surface area contributed by atoms with E-state index in [0.717, 1.165) is 31.6 Å². The minimum atomic E-state index is -3.11. The predicted molar refractivity (Wildman–Crippen MR) is 74.9 cm³/mol. The Morgan fingerprint density at radius 2 is 2.05 bits per heavy atom. The van der Waals surface area contributed by atoms with E-state index in [1.807, 2.05) is 12.1 Å². The van der Waals surface area contributed by atoms with Crippen LogP contribution in [0.5, 0.6) is 0 Å². The second-order valence-corrected chi connectivity index (χ2v) is 7.12. The summed E-state index contributed by atoms with van der Waals surface area (Å²) >= 11 is 0. The summed E-state index contributed by atoms with van der Waals surface area (Å²) in [5.41, 5.74) is 1.09. The molecule has 0 amide bonds. The van der Waals surface area contributed by atoms with Gasteiger partial charge in [0, 0.05) is 25.4 Å². The van der Waals surface area contributed by atoms with Gasteiger partial charge in [-0.1, -0.05) is 12.1 Å². The van der Waals surface area contributed by atoms with Crippen molar-refractivity contribution in [2.45, 2.75) is 36.8 Å². The van der Waals surface area contributed by atoms with E-state index in [-0.39, 0.29) is 6.04 Å². The molecule has 19 heavy (non-hydrogen) atoms. The molecule has 0 spiro atoms. The van der Waals surface area contributed by atoms with Crippen LogP contribution in [0.2, 0.25) is 0 Å². The van der Waals surface area contributed by atoms with E-state index in [4.69, 9.17) is 4.74 Å². The monoisotopic (exact) mass is 283 g/mol. The predicted octanol–water partition coefficient (Wildman–Crippen LogP) is 1.92. The Bertz CT molecular complexity index is 504. The van der Waals surface area contributed by atoms with Crippen LogP contribution in [-0.4, -0.2) is 33.9 Å². The van der Waals surface area contributed by atoms with Crippen LogP contribution in [0.3, 0.4) is 0 Å². The summed E-state index contributed by atoms with van der Waals surface area (Å²) in [4.78, 5) is 0.363. The van der Waals surface area contributed by atoms with E-state index in [0.29, 0.717) is 11.0 Å². The fourth-order valence-corrected chi connectivity index (χ4v) is 2.87. The van der Waals surface area contributed by atoms with Crippen LogP contribution in [0, 0.1) is 0 Å². The Labute approximate surface area is 115 Å². The number of benzene rings is 1. The molecular formula is C14H21NO3S. The lowest BCUT2D eigenvalue weighted by atomic mass is 10.1. The van der Waals surface area contributed by atoms with Crippen molar-refractivity contribution in [3.8, 4) is 0 Å². The highest BCUT2D eigenvalue weighted by Crippen LogP contribution is 2.17. The second kappa shape index (κ2) is 6.03. The van der Waals surface area contributed by atoms with Gasteiger partial charge in [-0.15, -0.1) is 0 Å². The number of hydrogen-bond acceptors (Lipinski definition) is 4. The van der Waals surface area contributed by atoms with Gasteiger partial charge in [-0.05, 0) is 37.5 Å². The third-order valence-corrected chi connectivity index (χ3v) is 4.61.